The van der Waals surface area contributed by atoms with Gasteiger partial charge in [-0.2, -0.15) is 0 Å². The number of urea groups is 1. The van der Waals surface area contributed by atoms with Crippen LogP contribution in [0.15, 0.2) is 18.2 Å². The fraction of sp³-hybridized carbons (Fsp3) is 0.385. The van der Waals surface area contributed by atoms with Gasteiger partial charge in [0.05, 0.1) is 11.3 Å². The molecule has 0 fully saturated rings. The first-order valence-corrected chi connectivity index (χ1v) is 6.35. The first kappa shape index (κ1) is 15.3. The van der Waals surface area contributed by atoms with E-state index in [1.165, 1.54) is 18.2 Å². The standard InChI is InChI=1S/C13H17ClN2O3/c1-4-16(8(2)3)13(19)15-11-7-9(14)5-6-10(11)12(17)18/h5-8H,4H2,1-3H3,(H,15,19)(H,17,18). The number of carbonyl (C=O) groups excluding carboxylic acids is 1. The fourth-order valence-corrected chi connectivity index (χ4v) is 1.91. The average Bonchev–Trinajstić information content (AvgIpc) is 2.28. The molecule has 0 atom stereocenters. The van der Waals surface area contributed by atoms with Gasteiger partial charge in [0.1, 0.15) is 0 Å². The van der Waals surface area contributed by atoms with Crippen molar-refractivity contribution in [2.75, 3.05) is 11.9 Å². The number of benzene rings is 1. The monoisotopic (exact) mass is 284 g/mol. The number of hydrogen-bond acceptors (Lipinski definition) is 2. The van der Waals surface area contributed by atoms with Crippen molar-refractivity contribution in [1.82, 2.24) is 4.90 Å². The van der Waals surface area contributed by atoms with Gasteiger partial charge in [0, 0.05) is 17.6 Å². The SMILES string of the molecule is CCN(C(=O)Nc1cc(Cl)ccc1C(=O)O)C(C)C. The number of halogens is 1. The molecule has 0 radical (unpaired) electrons. The summed E-state index contributed by atoms with van der Waals surface area (Å²) in [6.45, 7) is 6.17. The molecule has 0 aliphatic rings. The van der Waals surface area contributed by atoms with E-state index in [0.29, 0.717) is 11.6 Å². The lowest BCUT2D eigenvalue weighted by atomic mass is 10.2. The molecular weight excluding hydrogens is 268 g/mol. The number of hydrogen-bond donors (Lipinski definition) is 2. The molecule has 2 N–H and O–H groups in total. The maximum atomic E-state index is 12.1. The van der Waals surface area contributed by atoms with Crippen molar-refractivity contribution in [3.8, 4) is 0 Å². The van der Waals surface area contributed by atoms with Crippen LogP contribution in [0, 0.1) is 0 Å². The van der Waals surface area contributed by atoms with Gasteiger partial charge < -0.3 is 15.3 Å². The first-order chi connectivity index (χ1) is 8.86. The van der Waals surface area contributed by atoms with Crippen LogP contribution in [0.4, 0.5) is 10.5 Å². The van der Waals surface area contributed by atoms with Crippen LogP contribution in [0.1, 0.15) is 31.1 Å². The number of nitrogens with one attached hydrogen (secondary N) is 1. The summed E-state index contributed by atoms with van der Waals surface area (Å²) in [5.74, 6) is -1.11. The molecule has 0 aromatic heterocycles. The van der Waals surface area contributed by atoms with E-state index in [1.807, 2.05) is 20.8 Å². The summed E-state index contributed by atoms with van der Waals surface area (Å²) in [6, 6.07) is 3.95. The van der Waals surface area contributed by atoms with Gasteiger partial charge in [-0.15, -0.1) is 0 Å². The lowest BCUT2D eigenvalue weighted by Crippen LogP contribution is -2.40. The van der Waals surface area contributed by atoms with Crippen LogP contribution in [0.25, 0.3) is 0 Å². The molecule has 0 heterocycles. The Morgan fingerprint density at radius 2 is 2.05 bits per heavy atom. The highest BCUT2D eigenvalue weighted by Gasteiger charge is 2.18. The molecule has 6 heteroatoms. The predicted octanol–water partition coefficient (Wildman–Crippen LogP) is 3.30. The Hall–Kier alpha value is -1.75. The topological polar surface area (TPSA) is 69.6 Å². The van der Waals surface area contributed by atoms with Crippen molar-refractivity contribution < 1.29 is 14.7 Å². The summed E-state index contributed by atoms with van der Waals surface area (Å²) < 4.78 is 0. The minimum atomic E-state index is -1.11. The van der Waals surface area contributed by atoms with Crippen molar-refractivity contribution >= 4 is 29.3 Å². The average molecular weight is 285 g/mol. The molecule has 0 saturated carbocycles. The molecule has 2 amide bonds. The maximum Gasteiger partial charge on any atom is 0.337 e. The highest BCUT2D eigenvalue weighted by atomic mass is 35.5. The molecule has 19 heavy (non-hydrogen) atoms. The van der Waals surface area contributed by atoms with Gasteiger partial charge in [0.25, 0.3) is 0 Å². The highest BCUT2D eigenvalue weighted by Crippen LogP contribution is 2.21. The number of carboxylic acids is 1. The van der Waals surface area contributed by atoms with Crippen LogP contribution in [0.5, 0.6) is 0 Å². The molecular formula is C13H17ClN2O3. The van der Waals surface area contributed by atoms with Crippen molar-refractivity contribution in [2.45, 2.75) is 26.8 Å². The normalized spacial score (nSPS) is 10.4. The summed E-state index contributed by atoms with van der Waals surface area (Å²) in [4.78, 5) is 24.7. The van der Waals surface area contributed by atoms with Crippen LogP contribution in [-0.4, -0.2) is 34.6 Å². The molecule has 0 aliphatic carbocycles. The van der Waals surface area contributed by atoms with Gasteiger partial charge in [0.15, 0.2) is 0 Å². The molecule has 0 spiro atoms. The van der Waals surface area contributed by atoms with Gasteiger partial charge in [-0.05, 0) is 39.0 Å². The highest BCUT2D eigenvalue weighted by molar-refractivity contribution is 6.31. The van der Waals surface area contributed by atoms with Crippen LogP contribution in [0.3, 0.4) is 0 Å². The van der Waals surface area contributed by atoms with Gasteiger partial charge in [-0.25, -0.2) is 9.59 Å². The Morgan fingerprint density at radius 3 is 2.53 bits per heavy atom. The number of carboxylic acid groups (broad SMARTS) is 1. The van der Waals surface area contributed by atoms with E-state index in [9.17, 15) is 9.59 Å². The van der Waals surface area contributed by atoms with Crippen LogP contribution >= 0.6 is 11.6 Å². The number of carbonyl (C=O) groups is 2. The molecule has 1 aromatic rings. The summed E-state index contributed by atoms with van der Waals surface area (Å²) in [5.41, 5.74) is 0.210. The number of amides is 2. The predicted molar refractivity (Wildman–Crippen MR) is 74.9 cm³/mol. The molecule has 0 bridgehead atoms. The van der Waals surface area contributed by atoms with Crippen LogP contribution in [-0.2, 0) is 0 Å². The zero-order chi connectivity index (χ0) is 14.6. The van der Waals surface area contributed by atoms with Crippen molar-refractivity contribution in [1.29, 1.82) is 0 Å². The number of rotatable bonds is 4. The maximum absolute atomic E-state index is 12.1. The van der Waals surface area contributed by atoms with Crippen molar-refractivity contribution in [2.24, 2.45) is 0 Å². The summed E-state index contributed by atoms with van der Waals surface area (Å²) in [6.07, 6.45) is 0. The number of aromatic carboxylic acids is 1. The molecule has 104 valence electrons. The lowest BCUT2D eigenvalue weighted by molar-refractivity contribution is 0.0698. The van der Waals surface area contributed by atoms with Gasteiger partial charge in [0.2, 0.25) is 0 Å². The van der Waals surface area contributed by atoms with Gasteiger partial charge >= 0.3 is 12.0 Å². The number of nitrogens with zero attached hydrogens (tertiary/aromatic N) is 1. The largest absolute Gasteiger partial charge is 0.478 e. The Morgan fingerprint density at radius 1 is 1.42 bits per heavy atom. The molecule has 5 nitrogen and oxygen atoms in total. The Balaban J connectivity index is 3.01. The van der Waals surface area contributed by atoms with Crippen LogP contribution < -0.4 is 5.32 Å². The second-order valence-electron chi connectivity index (χ2n) is 4.30. The third kappa shape index (κ3) is 3.86. The van der Waals surface area contributed by atoms with E-state index in [2.05, 4.69) is 5.32 Å². The van der Waals surface area contributed by atoms with Crippen molar-refractivity contribution in [3.05, 3.63) is 28.8 Å². The second-order valence-corrected chi connectivity index (χ2v) is 4.74. The van der Waals surface area contributed by atoms with E-state index >= 15 is 0 Å². The quantitative estimate of drug-likeness (QED) is 0.891. The first-order valence-electron chi connectivity index (χ1n) is 5.97. The molecule has 0 saturated heterocycles. The Labute approximate surface area is 117 Å². The Kier molecular flexibility index (Phi) is 5.18. The van der Waals surface area contributed by atoms with Gasteiger partial charge in [-0.3, -0.25) is 0 Å². The summed E-state index contributed by atoms with van der Waals surface area (Å²) in [7, 11) is 0. The summed E-state index contributed by atoms with van der Waals surface area (Å²) in [5, 5.41) is 12.0. The summed E-state index contributed by atoms with van der Waals surface area (Å²) >= 11 is 5.82. The number of anilines is 1. The van der Waals surface area contributed by atoms with E-state index in [-0.39, 0.29) is 23.3 Å². The zero-order valence-electron chi connectivity index (χ0n) is 11.1. The van der Waals surface area contributed by atoms with Crippen molar-refractivity contribution in [3.63, 3.8) is 0 Å². The molecule has 0 aliphatic heterocycles. The third-order valence-electron chi connectivity index (χ3n) is 2.68. The van der Waals surface area contributed by atoms with Gasteiger partial charge in [-0.1, -0.05) is 11.6 Å². The van der Waals surface area contributed by atoms with E-state index in [1.54, 1.807) is 4.90 Å². The minimum Gasteiger partial charge on any atom is -0.478 e. The second kappa shape index (κ2) is 6.43. The smallest absolute Gasteiger partial charge is 0.337 e. The lowest BCUT2D eigenvalue weighted by Gasteiger charge is -2.25. The van der Waals surface area contributed by atoms with E-state index < -0.39 is 5.97 Å². The van der Waals surface area contributed by atoms with E-state index in [4.69, 9.17) is 16.7 Å². The van der Waals surface area contributed by atoms with Crippen LogP contribution in [0.2, 0.25) is 5.02 Å². The minimum absolute atomic E-state index is 0.0116. The third-order valence-corrected chi connectivity index (χ3v) is 2.91. The van der Waals surface area contributed by atoms with E-state index in [0.717, 1.165) is 0 Å². The molecule has 1 rings (SSSR count). The zero-order valence-corrected chi connectivity index (χ0v) is 11.9. The molecule has 1 aromatic carbocycles. The fourth-order valence-electron chi connectivity index (χ4n) is 1.74. The molecule has 0 unspecified atom stereocenters. The Bertz CT molecular complexity index is 489.